The van der Waals surface area contributed by atoms with Crippen LogP contribution in [0.3, 0.4) is 0 Å². The van der Waals surface area contributed by atoms with Crippen LogP contribution in [0.2, 0.25) is 0 Å². The maximum absolute atomic E-state index is 12.9. The Bertz CT molecular complexity index is 1450. The van der Waals surface area contributed by atoms with Gasteiger partial charge in [-0.1, -0.05) is 12.1 Å². The Morgan fingerprint density at radius 3 is 2.47 bits per heavy atom. The summed E-state index contributed by atoms with van der Waals surface area (Å²) in [7, 11) is 1.43. The number of hydrogen-bond donors (Lipinski definition) is 1. The highest BCUT2D eigenvalue weighted by Crippen LogP contribution is 2.36. The van der Waals surface area contributed by atoms with E-state index in [1.807, 2.05) is 19.9 Å². The van der Waals surface area contributed by atoms with E-state index in [1.54, 1.807) is 30.3 Å². The predicted octanol–water partition coefficient (Wildman–Crippen LogP) is 5.08. The van der Waals surface area contributed by atoms with Gasteiger partial charge in [-0.2, -0.15) is 0 Å². The molecule has 1 N–H and O–H groups in total. The molecule has 3 aromatic rings. The van der Waals surface area contributed by atoms with Crippen LogP contribution in [0.5, 0.6) is 17.4 Å². The monoisotopic (exact) mass is 534 g/mol. The number of methoxy groups -OCH3 is 1. The smallest absolute Gasteiger partial charge is 0.294 e. The zero-order chi connectivity index (χ0) is 27.4. The van der Waals surface area contributed by atoms with Crippen molar-refractivity contribution in [2.75, 3.05) is 19.0 Å². The second kappa shape index (κ2) is 11.1. The molecule has 1 aliphatic rings. The van der Waals surface area contributed by atoms with E-state index in [0.29, 0.717) is 22.7 Å². The predicted molar refractivity (Wildman–Crippen MR) is 141 cm³/mol. The quantitative estimate of drug-likeness (QED) is 0.238. The number of thioether (sulfide) groups is 1. The first kappa shape index (κ1) is 26.4. The van der Waals surface area contributed by atoms with Crippen LogP contribution < -0.4 is 14.8 Å². The topological polar surface area (TPSA) is 141 Å². The fraction of sp³-hybridized carbons (Fsp3) is 0.154. The second-order valence-corrected chi connectivity index (χ2v) is 9.31. The van der Waals surface area contributed by atoms with Gasteiger partial charge in [-0.05, 0) is 72.6 Å². The fourth-order valence-corrected chi connectivity index (χ4v) is 4.53. The minimum atomic E-state index is -0.579. The van der Waals surface area contributed by atoms with Crippen LogP contribution in [0.1, 0.15) is 16.7 Å². The molecular formula is C26H22N4O7S. The average Bonchev–Trinajstić information content (AvgIpc) is 3.11. The summed E-state index contributed by atoms with van der Waals surface area (Å²) in [4.78, 5) is 53.1. The molecule has 194 valence electrons. The van der Waals surface area contributed by atoms with Crippen LogP contribution in [-0.4, -0.2) is 45.5 Å². The molecule has 0 bridgehead atoms. The lowest BCUT2D eigenvalue weighted by Crippen LogP contribution is -2.36. The molecule has 38 heavy (non-hydrogen) atoms. The van der Waals surface area contributed by atoms with Crippen LogP contribution in [-0.2, 0) is 9.59 Å². The average molecular weight is 535 g/mol. The SMILES string of the molecule is COc1cc(/C=C2/SC(=O)N(CC(=O)Nc3cc(C)cc(C)c3)C2=O)ccc1Oc1ccc([N+](=O)[O-])cn1. The summed E-state index contributed by atoms with van der Waals surface area (Å²) in [5, 5.41) is 13.0. The van der Waals surface area contributed by atoms with Gasteiger partial charge in [0.05, 0.1) is 16.9 Å². The van der Waals surface area contributed by atoms with E-state index in [0.717, 1.165) is 34.0 Å². The van der Waals surface area contributed by atoms with E-state index in [2.05, 4.69) is 10.3 Å². The van der Waals surface area contributed by atoms with Crippen molar-refractivity contribution in [2.24, 2.45) is 0 Å². The largest absolute Gasteiger partial charge is 0.493 e. The summed E-state index contributed by atoms with van der Waals surface area (Å²) < 4.78 is 11.0. The number of pyridine rings is 1. The van der Waals surface area contributed by atoms with E-state index in [4.69, 9.17) is 9.47 Å². The Balaban J connectivity index is 1.45. The number of ether oxygens (including phenoxy) is 2. The van der Waals surface area contributed by atoms with Crippen molar-refractivity contribution in [1.82, 2.24) is 9.88 Å². The molecule has 1 aliphatic heterocycles. The molecule has 3 amide bonds. The molecule has 11 nitrogen and oxygen atoms in total. The lowest BCUT2D eigenvalue weighted by atomic mass is 10.1. The number of nitrogens with one attached hydrogen (secondary N) is 1. The van der Waals surface area contributed by atoms with Gasteiger partial charge in [-0.25, -0.2) is 4.98 Å². The van der Waals surface area contributed by atoms with Gasteiger partial charge in [0.25, 0.3) is 16.8 Å². The van der Waals surface area contributed by atoms with Crippen molar-refractivity contribution in [1.29, 1.82) is 0 Å². The molecule has 1 fully saturated rings. The van der Waals surface area contributed by atoms with Crippen LogP contribution >= 0.6 is 11.8 Å². The Labute approximate surface area is 221 Å². The second-order valence-electron chi connectivity index (χ2n) is 8.32. The summed E-state index contributed by atoms with van der Waals surface area (Å²) in [6.45, 7) is 3.40. The number of carbonyl (C=O) groups excluding carboxylic acids is 3. The van der Waals surface area contributed by atoms with Crippen LogP contribution in [0.25, 0.3) is 6.08 Å². The van der Waals surface area contributed by atoms with Crippen LogP contribution in [0.15, 0.2) is 59.6 Å². The third-order valence-corrected chi connectivity index (χ3v) is 6.22. The summed E-state index contributed by atoms with van der Waals surface area (Å²) in [5.41, 5.74) is 2.93. The lowest BCUT2D eigenvalue weighted by molar-refractivity contribution is -0.385. The van der Waals surface area contributed by atoms with Crippen molar-refractivity contribution in [2.45, 2.75) is 13.8 Å². The number of aromatic nitrogens is 1. The minimum Gasteiger partial charge on any atom is -0.493 e. The number of nitro groups is 1. The van der Waals surface area contributed by atoms with Crippen molar-refractivity contribution < 1.29 is 28.8 Å². The van der Waals surface area contributed by atoms with Crippen LogP contribution in [0.4, 0.5) is 16.2 Å². The summed E-state index contributed by atoms with van der Waals surface area (Å²) in [6, 6.07) is 13.0. The first-order valence-electron chi connectivity index (χ1n) is 11.2. The lowest BCUT2D eigenvalue weighted by Gasteiger charge is -2.13. The standard InChI is InChI=1S/C26H22N4O7S/c1-15-8-16(2)10-18(9-15)28-23(31)14-29-25(32)22(38-26(29)33)12-17-4-6-20(21(11-17)36-3)37-24-7-5-19(13-27-24)30(34)35/h4-13H,14H2,1-3H3,(H,28,31)/b22-12+. The van der Waals surface area contributed by atoms with Gasteiger partial charge in [0.2, 0.25) is 11.8 Å². The normalized spacial score (nSPS) is 14.1. The number of carbonyl (C=O) groups is 3. The first-order valence-corrected chi connectivity index (χ1v) is 12.0. The van der Waals surface area contributed by atoms with Crippen molar-refractivity contribution in [3.05, 3.63) is 86.4 Å². The molecule has 2 aromatic carbocycles. The number of rotatable bonds is 8. The minimum absolute atomic E-state index is 0.127. The molecule has 4 rings (SSSR count). The molecule has 0 saturated carbocycles. The number of anilines is 1. The third kappa shape index (κ3) is 6.16. The highest BCUT2D eigenvalue weighted by molar-refractivity contribution is 8.18. The maximum atomic E-state index is 12.9. The van der Waals surface area contributed by atoms with E-state index < -0.39 is 28.5 Å². The molecule has 1 saturated heterocycles. The first-order chi connectivity index (χ1) is 18.1. The number of nitrogens with zero attached hydrogens (tertiary/aromatic N) is 3. The molecule has 0 radical (unpaired) electrons. The van der Waals surface area contributed by atoms with Gasteiger partial charge in [0.1, 0.15) is 12.7 Å². The van der Waals surface area contributed by atoms with Crippen molar-refractivity contribution in [3.63, 3.8) is 0 Å². The molecule has 0 spiro atoms. The Kier molecular flexibility index (Phi) is 7.72. The number of amides is 3. The fourth-order valence-electron chi connectivity index (χ4n) is 3.69. The Hall–Kier alpha value is -4.71. The van der Waals surface area contributed by atoms with E-state index >= 15 is 0 Å². The molecule has 2 heterocycles. The molecule has 12 heteroatoms. The molecule has 0 atom stereocenters. The van der Waals surface area contributed by atoms with Gasteiger partial charge in [-0.3, -0.25) is 29.4 Å². The third-order valence-electron chi connectivity index (χ3n) is 5.31. The van der Waals surface area contributed by atoms with Gasteiger partial charge in [0.15, 0.2) is 11.5 Å². The highest BCUT2D eigenvalue weighted by Gasteiger charge is 2.36. The summed E-state index contributed by atoms with van der Waals surface area (Å²) >= 11 is 0.735. The molecule has 0 aliphatic carbocycles. The van der Waals surface area contributed by atoms with E-state index in [9.17, 15) is 24.5 Å². The molecule has 1 aromatic heterocycles. The van der Waals surface area contributed by atoms with E-state index in [-0.39, 0.29) is 16.5 Å². The number of aryl methyl sites for hydroxylation is 2. The van der Waals surface area contributed by atoms with E-state index in [1.165, 1.54) is 25.3 Å². The van der Waals surface area contributed by atoms with Gasteiger partial charge >= 0.3 is 0 Å². The van der Waals surface area contributed by atoms with Gasteiger partial charge in [-0.15, -0.1) is 0 Å². The van der Waals surface area contributed by atoms with Gasteiger partial charge in [0, 0.05) is 17.8 Å². The Morgan fingerprint density at radius 2 is 1.84 bits per heavy atom. The van der Waals surface area contributed by atoms with Crippen molar-refractivity contribution >= 4 is 46.3 Å². The van der Waals surface area contributed by atoms with Crippen LogP contribution in [0, 0.1) is 24.0 Å². The summed E-state index contributed by atoms with van der Waals surface area (Å²) in [6.07, 6.45) is 2.59. The molecule has 0 unspecified atom stereocenters. The highest BCUT2D eigenvalue weighted by atomic mass is 32.2. The molecular weight excluding hydrogens is 512 g/mol. The maximum Gasteiger partial charge on any atom is 0.294 e. The zero-order valence-corrected chi connectivity index (χ0v) is 21.4. The van der Waals surface area contributed by atoms with Gasteiger partial charge < -0.3 is 14.8 Å². The number of benzene rings is 2. The Morgan fingerprint density at radius 1 is 1.11 bits per heavy atom. The summed E-state index contributed by atoms with van der Waals surface area (Å²) in [5.74, 6) is -0.332. The number of hydrogen-bond acceptors (Lipinski definition) is 9. The number of imide groups is 1. The van der Waals surface area contributed by atoms with Crippen molar-refractivity contribution in [3.8, 4) is 17.4 Å². The zero-order valence-electron chi connectivity index (χ0n) is 20.6.